The number of rotatable bonds is 6. The van der Waals surface area contributed by atoms with Crippen LogP contribution in [-0.4, -0.2) is 23.4 Å². The predicted octanol–water partition coefficient (Wildman–Crippen LogP) is 3.48. The minimum Gasteiger partial charge on any atom is -0.321 e. The second-order valence-corrected chi connectivity index (χ2v) is 6.46. The number of hydrogen-bond donors (Lipinski definition) is 1. The summed E-state index contributed by atoms with van der Waals surface area (Å²) in [6.07, 6.45) is 7.18. The van der Waals surface area contributed by atoms with Gasteiger partial charge in [-0.25, -0.2) is 0 Å². The quantitative estimate of drug-likeness (QED) is 0.868. The van der Waals surface area contributed by atoms with Crippen LogP contribution >= 0.6 is 0 Å². The second kappa shape index (κ2) is 6.61. The SMILES string of the molecule is CCCCC1NC(c2ccccc2)N(CC2CCC2)C1=O. The Morgan fingerprint density at radius 1 is 1.24 bits per heavy atom. The van der Waals surface area contributed by atoms with Crippen molar-refractivity contribution in [3.8, 4) is 0 Å². The smallest absolute Gasteiger partial charge is 0.241 e. The molecule has 1 saturated carbocycles. The number of amides is 1. The molecule has 114 valence electrons. The molecule has 1 aromatic carbocycles. The average molecular weight is 286 g/mol. The van der Waals surface area contributed by atoms with E-state index in [1.165, 1.54) is 24.8 Å². The predicted molar refractivity (Wildman–Crippen MR) is 84.7 cm³/mol. The largest absolute Gasteiger partial charge is 0.321 e. The molecule has 1 aliphatic carbocycles. The molecule has 1 heterocycles. The monoisotopic (exact) mass is 286 g/mol. The van der Waals surface area contributed by atoms with Gasteiger partial charge in [0, 0.05) is 6.54 Å². The molecular formula is C18H26N2O. The maximum Gasteiger partial charge on any atom is 0.241 e. The van der Waals surface area contributed by atoms with Gasteiger partial charge in [-0.05, 0) is 30.7 Å². The molecule has 2 fully saturated rings. The zero-order valence-electron chi connectivity index (χ0n) is 12.9. The van der Waals surface area contributed by atoms with Crippen LogP contribution in [0.2, 0.25) is 0 Å². The third kappa shape index (κ3) is 3.13. The van der Waals surface area contributed by atoms with Gasteiger partial charge in [0.15, 0.2) is 0 Å². The number of nitrogens with zero attached hydrogens (tertiary/aromatic N) is 1. The fraction of sp³-hybridized carbons (Fsp3) is 0.611. The van der Waals surface area contributed by atoms with E-state index in [1.807, 2.05) is 6.07 Å². The summed E-state index contributed by atoms with van der Waals surface area (Å²) < 4.78 is 0. The van der Waals surface area contributed by atoms with Crippen molar-refractivity contribution in [2.75, 3.05) is 6.54 Å². The van der Waals surface area contributed by atoms with Crippen LogP contribution in [0, 0.1) is 5.92 Å². The number of carbonyl (C=O) groups is 1. The van der Waals surface area contributed by atoms with Crippen molar-refractivity contribution in [3.63, 3.8) is 0 Å². The first-order valence-corrected chi connectivity index (χ1v) is 8.41. The van der Waals surface area contributed by atoms with E-state index in [1.54, 1.807) is 0 Å². The molecule has 2 atom stereocenters. The Hall–Kier alpha value is -1.35. The van der Waals surface area contributed by atoms with Crippen molar-refractivity contribution < 1.29 is 4.79 Å². The summed E-state index contributed by atoms with van der Waals surface area (Å²) in [6.45, 7) is 3.11. The van der Waals surface area contributed by atoms with Gasteiger partial charge in [0.2, 0.25) is 5.91 Å². The summed E-state index contributed by atoms with van der Waals surface area (Å²) >= 11 is 0. The molecule has 1 N–H and O–H groups in total. The minimum atomic E-state index is 0.00947. The Kier molecular flexibility index (Phi) is 4.59. The van der Waals surface area contributed by atoms with Crippen LogP contribution < -0.4 is 5.32 Å². The second-order valence-electron chi connectivity index (χ2n) is 6.46. The normalized spacial score (nSPS) is 26.1. The molecule has 21 heavy (non-hydrogen) atoms. The van der Waals surface area contributed by atoms with Crippen LogP contribution in [0.15, 0.2) is 30.3 Å². The molecule has 0 spiro atoms. The average Bonchev–Trinajstić information content (AvgIpc) is 2.78. The highest BCUT2D eigenvalue weighted by Gasteiger charge is 2.40. The van der Waals surface area contributed by atoms with Crippen molar-refractivity contribution in [1.29, 1.82) is 0 Å². The number of benzene rings is 1. The fourth-order valence-corrected chi connectivity index (χ4v) is 3.35. The summed E-state index contributed by atoms with van der Waals surface area (Å²) in [4.78, 5) is 14.8. The van der Waals surface area contributed by atoms with Crippen LogP contribution in [-0.2, 0) is 4.79 Å². The zero-order chi connectivity index (χ0) is 14.7. The first-order valence-electron chi connectivity index (χ1n) is 8.41. The molecule has 1 aliphatic heterocycles. The first-order chi connectivity index (χ1) is 10.3. The van der Waals surface area contributed by atoms with Gasteiger partial charge in [0.1, 0.15) is 6.17 Å². The third-order valence-corrected chi connectivity index (χ3v) is 4.89. The van der Waals surface area contributed by atoms with Gasteiger partial charge < -0.3 is 4.90 Å². The molecule has 1 aromatic rings. The molecule has 3 nitrogen and oxygen atoms in total. The topological polar surface area (TPSA) is 32.3 Å². The lowest BCUT2D eigenvalue weighted by molar-refractivity contribution is -0.131. The van der Waals surface area contributed by atoms with Crippen LogP contribution in [0.25, 0.3) is 0 Å². The molecule has 1 saturated heterocycles. The Morgan fingerprint density at radius 2 is 2.00 bits per heavy atom. The molecule has 3 heteroatoms. The van der Waals surface area contributed by atoms with Gasteiger partial charge >= 0.3 is 0 Å². The Balaban J connectivity index is 1.75. The molecule has 0 radical (unpaired) electrons. The molecule has 1 amide bonds. The van der Waals surface area contributed by atoms with E-state index in [0.717, 1.165) is 25.8 Å². The molecule has 0 bridgehead atoms. The third-order valence-electron chi connectivity index (χ3n) is 4.89. The summed E-state index contributed by atoms with van der Waals surface area (Å²) in [7, 11) is 0. The summed E-state index contributed by atoms with van der Waals surface area (Å²) in [5.41, 5.74) is 1.21. The standard InChI is InChI=1S/C18H26N2O/c1-2-3-12-16-18(21)20(13-14-8-7-9-14)17(19-16)15-10-5-4-6-11-15/h4-6,10-11,14,16-17,19H,2-3,7-9,12-13H2,1H3. The summed E-state index contributed by atoms with van der Waals surface area (Å²) in [6, 6.07) is 10.4. The van der Waals surface area contributed by atoms with E-state index in [0.29, 0.717) is 11.8 Å². The lowest BCUT2D eigenvalue weighted by Crippen LogP contribution is -2.37. The van der Waals surface area contributed by atoms with Crippen molar-refractivity contribution in [3.05, 3.63) is 35.9 Å². The highest BCUT2D eigenvalue weighted by atomic mass is 16.2. The molecule has 0 aromatic heterocycles. The Labute approximate surface area is 127 Å². The Bertz CT molecular complexity index is 469. The summed E-state index contributed by atoms with van der Waals surface area (Å²) in [5, 5.41) is 3.57. The number of carbonyl (C=O) groups excluding carboxylic acids is 1. The zero-order valence-corrected chi connectivity index (χ0v) is 12.9. The van der Waals surface area contributed by atoms with Crippen LogP contribution in [0.3, 0.4) is 0 Å². The van der Waals surface area contributed by atoms with Gasteiger partial charge in [-0.2, -0.15) is 0 Å². The molecule has 3 rings (SSSR count). The van der Waals surface area contributed by atoms with Crippen LogP contribution in [0.1, 0.15) is 57.2 Å². The van der Waals surface area contributed by atoms with Crippen molar-refractivity contribution in [2.24, 2.45) is 5.92 Å². The Morgan fingerprint density at radius 3 is 2.62 bits per heavy atom. The highest BCUT2D eigenvalue weighted by molar-refractivity contribution is 5.84. The van der Waals surface area contributed by atoms with Crippen molar-refractivity contribution in [1.82, 2.24) is 10.2 Å². The van der Waals surface area contributed by atoms with Gasteiger partial charge in [-0.3, -0.25) is 10.1 Å². The van der Waals surface area contributed by atoms with E-state index in [2.05, 4.69) is 41.4 Å². The van der Waals surface area contributed by atoms with E-state index in [-0.39, 0.29) is 12.2 Å². The number of unbranched alkanes of at least 4 members (excludes halogenated alkanes) is 1. The maximum atomic E-state index is 12.7. The van der Waals surface area contributed by atoms with E-state index in [9.17, 15) is 4.79 Å². The van der Waals surface area contributed by atoms with Gasteiger partial charge in [-0.1, -0.05) is 56.5 Å². The van der Waals surface area contributed by atoms with Gasteiger partial charge in [0.05, 0.1) is 6.04 Å². The lowest BCUT2D eigenvalue weighted by atomic mass is 9.85. The van der Waals surface area contributed by atoms with Crippen molar-refractivity contribution >= 4 is 5.91 Å². The highest BCUT2D eigenvalue weighted by Crippen LogP contribution is 2.33. The van der Waals surface area contributed by atoms with Crippen LogP contribution in [0.5, 0.6) is 0 Å². The lowest BCUT2D eigenvalue weighted by Gasteiger charge is -2.33. The molecule has 2 aliphatic rings. The maximum absolute atomic E-state index is 12.7. The fourth-order valence-electron chi connectivity index (χ4n) is 3.35. The van der Waals surface area contributed by atoms with E-state index < -0.39 is 0 Å². The van der Waals surface area contributed by atoms with Gasteiger partial charge in [0.25, 0.3) is 0 Å². The number of nitrogens with one attached hydrogen (secondary N) is 1. The number of hydrogen-bond acceptors (Lipinski definition) is 2. The minimum absolute atomic E-state index is 0.00947. The molecule has 2 unspecified atom stereocenters. The first kappa shape index (κ1) is 14.6. The van der Waals surface area contributed by atoms with Crippen LogP contribution in [0.4, 0.5) is 0 Å². The van der Waals surface area contributed by atoms with E-state index in [4.69, 9.17) is 0 Å². The molecular weight excluding hydrogens is 260 g/mol. The van der Waals surface area contributed by atoms with Crippen molar-refractivity contribution in [2.45, 2.75) is 57.7 Å². The summed E-state index contributed by atoms with van der Waals surface area (Å²) in [5.74, 6) is 1.02. The van der Waals surface area contributed by atoms with Gasteiger partial charge in [-0.15, -0.1) is 0 Å². The van der Waals surface area contributed by atoms with E-state index >= 15 is 0 Å².